The standard InChI is InChI=1S/C20H25N3O2/c1-5-23(6-2)18-12-10-16(11-13-18)20(24)22-21-15(3)17-8-7-9-19(14-17)25-4/h7-14H,5-6H2,1-4H3,(H,22,24). The van der Waals surface area contributed by atoms with Gasteiger partial charge < -0.3 is 9.64 Å². The van der Waals surface area contributed by atoms with E-state index < -0.39 is 0 Å². The third-order valence-corrected chi connectivity index (χ3v) is 4.07. The number of carbonyl (C=O) groups excluding carboxylic acids is 1. The predicted molar refractivity (Wildman–Crippen MR) is 103 cm³/mol. The smallest absolute Gasteiger partial charge is 0.271 e. The molecule has 0 aliphatic carbocycles. The van der Waals surface area contributed by atoms with Gasteiger partial charge in [-0.2, -0.15) is 5.10 Å². The van der Waals surface area contributed by atoms with Crippen LogP contribution in [0.15, 0.2) is 53.6 Å². The van der Waals surface area contributed by atoms with E-state index in [-0.39, 0.29) is 5.91 Å². The van der Waals surface area contributed by atoms with Gasteiger partial charge in [-0.15, -0.1) is 0 Å². The second-order valence-electron chi connectivity index (χ2n) is 5.59. The third kappa shape index (κ3) is 4.83. The SMILES string of the molecule is CCN(CC)c1ccc(C(=O)NN=C(C)c2cccc(OC)c2)cc1. The van der Waals surface area contributed by atoms with Gasteiger partial charge in [-0.05, 0) is 57.2 Å². The van der Waals surface area contributed by atoms with Crippen molar-refractivity contribution in [1.82, 2.24) is 5.43 Å². The van der Waals surface area contributed by atoms with E-state index >= 15 is 0 Å². The maximum atomic E-state index is 12.3. The first-order chi connectivity index (χ1) is 12.1. The normalized spacial score (nSPS) is 11.1. The number of hydrazone groups is 1. The fourth-order valence-corrected chi connectivity index (χ4v) is 2.52. The first-order valence-electron chi connectivity index (χ1n) is 8.43. The van der Waals surface area contributed by atoms with Crippen LogP contribution in [-0.4, -0.2) is 31.8 Å². The van der Waals surface area contributed by atoms with Gasteiger partial charge >= 0.3 is 0 Å². The van der Waals surface area contributed by atoms with E-state index in [2.05, 4.69) is 29.3 Å². The molecule has 0 atom stereocenters. The molecule has 0 saturated carbocycles. The van der Waals surface area contributed by atoms with Crippen molar-refractivity contribution in [1.29, 1.82) is 0 Å². The van der Waals surface area contributed by atoms with Gasteiger partial charge in [0.2, 0.25) is 0 Å². The molecule has 1 N–H and O–H groups in total. The summed E-state index contributed by atoms with van der Waals surface area (Å²) >= 11 is 0. The Morgan fingerprint density at radius 2 is 1.76 bits per heavy atom. The van der Waals surface area contributed by atoms with E-state index in [9.17, 15) is 4.79 Å². The molecule has 0 saturated heterocycles. The van der Waals surface area contributed by atoms with Crippen molar-refractivity contribution in [3.8, 4) is 5.75 Å². The molecule has 5 heteroatoms. The maximum absolute atomic E-state index is 12.3. The Labute approximate surface area is 149 Å². The van der Waals surface area contributed by atoms with Crippen molar-refractivity contribution in [3.63, 3.8) is 0 Å². The fraction of sp³-hybridized carbons (Fsp3) is 0.300. The van der Waals surface area contributed by atoms with Gasteiger partial charge in [0.1, 0.15) is 5.75 Å². The summed E-state index contributed by atoms with van der Waals surface area (Å²) in [6.07, 6.45) is 0. The van der Waals surface area contributed by atoms with Crippen LogP contribution in [0, 0.1) is 0 Å². The molecule has 1 amide bonds. The molecule has 2 aromatic carbocycles. The molecule has 132 valence electrons. The Kier molecular flexibility index (Phi) is 6.57. The lowest BCUT2D eigenvalue weighted by Crippen LogP contribution is -2.22. The zero-order valence-electron chi connectivity index (χ0n) is 15.2. The predicted octanol–water partition coefficient (Wildman–Crippen LogP) is 3.70. The van der Waals surface area contributed by atoms with E-state index in [0.717, 1.165) is 30.1 Å². The molecule has 0 heterocycles. The number of hydrogen-bond acceptors (Lipinski definition) is 4. The van der Waals surface area contributed by atoms with Crippen LogP contribution in [0.5, 0.6) is 5.75 Å². The second-order valence-corrected chi connectivity index (χ2v) is 5.59. The summed E-state index contributed by atoms with van der Waals surface area (Å²) in [6.45, 7) is 7.94. The van der Waals surface area contributed by atoms with Crippen LogP contribution < -0.4 is 15.1 Å². The molecule has 0 spiro atoms. The highest BCUT2D eigenvalue weighted by atomic mass is 16.5. The number of amides is 1. The molecule has 5 nitrogen and oxygen atoms in total. The minimum absolute atomic E-state index is 0.228. The largest absolute Gasteiger partial charge is 0.497 e. The molecule has 0 aromatic heterocycles. The van der Waals surface area contributed by atoms with E-state index in [1.807, 2.05) is 55.5 Å². The van der Waals surface area contributed by atoms with Crippen LogP contribution in [0.25, 0.3) is 0 Å². The number of carbonyl (C=O) groups is 1. The molecule has 0 fully saturated rings. The maximum Gasteiger partial charge on any atom is 0.271 e. The van der Waals surface area contributed by atoms with Crippen LogP contribution in [0.2, 0.25) is 0 Å². The lowest BCUT2D eigenvalue weighted by molar-refractivity contribution is 0.0955. The minimum Gasteiger partial charge on any atom is -0.497 e. The fourth-order valence-electron chi connectivity index (χ4n) is 2.52. The number of nitrogens with zero attached hydrogens (tertiary/aromatic N) is 2. The van der Waals surface area contributed by atoms with E-state index in [4.69, 9.17) is 4.74 Å². The summed E-state index contributed by atoms with van der Waals surface area (Å²) in [5.74, 6) is 0.527. The number of hydrogen-bond donors (Lipinski definition) is 1. The highest BCUT2D eigenvalue weighted by Crippen LogP contribution is 2.15. The summed E-state index contributed by atoms with van der Waals surface area (Å²) < 4.78 is 5.20. The Hall–Kier alpha value is -2.82. The lowest BCUT2D eigenvalue weighted by Gasteiger charge is -2.20. The summed E-state index contributed by atoms with van der Waals surface area (Å²) in [5.41, 5.74) is 5.91. The number of benzene rings is 2. The van der Waals surface area contributed by atoms with Crippen LogP contribution >= 0.6 is 0 Å². The Balaban J connectivity index is 2.06. The number of ether oxygens (including phenoxy) is 1. The molecule has 0 unspecified atom stereocenters. The monoisotopic (exact) mass is 339 g/mol. The quantitative estimate of drug-likeness (QED) is 0.618. The van der Waals surface area contributed by atoms with Gasteiger partial charge in [-0.25, -0.2) is 5.43 Å². The molecule has 2 aromatic rings. The van der Waals surface area contributed by atoms with Crippen LogP contribution in [0.4, 0.5) is 5.69 Å². The highest BCUT2D eigenvalue weighted by Gasteiger charge is 2.07. The number of methoxy groups -OCH3 is 1. The van der Waals surface area contributed by atoms with Crippen LogP contribution in [0.1, 0.15) is 36.7 Å². The van der Waals surface area contributed by atoms with Crippen molar-refractivity contribution < 1.29 is 9.53 Å². The van der Waals surface area contributed by atoms with Crippen LogP contribution in [0.3, 0.4) is 0 Å². The third-order valence-electron chi connectivity index (χ3n) is 4.07. The average molecular weight is 339 g/mol. The molecular formula is C20H25N3O2. The van der Waals surface area contributed by atoms with Crippen molar-refractivity contribution in [2.75, 3.05) is 25.1 Å². The molecule has 2 rings (SSSR count). The van der Waals surface area contributed by atoms with Gasteiger partial charge in [-0.1, -0.05) is 12.1 Å². The lowest BCUT2D eigenvalue weighted by atomic mass is 10.1. The van der Waals surface area contributed by atoms with Gasteiger partial charge in [0.25, 0.3) is 5.91 Å². The van der Waals surface area contributed by atoms with Gasteiger partial charge in [0.05, 0.1) is 12.8 Å². The molecule has 0 aliphatic rings. The molecule has 0 radical (unpaired) electrons. The van der Waals surface area contributed by atoms with E-state index in [1.54, 1.807) is 7.11 Å². The summed E-state index contributed by atoms with van der Waals surface area (Å²) in [6, 6.07) is 15.1. The second kappa shape index (κ2) is 8.87. The Morgan fingerprint density at radius 3 is 2.36 bits per heavy atom. The van der Waals surface area contributed by atoms with Crippen molar-refractivity contribution >= 4 is 17.3 Å². The summed E-state index contributed by atoms with van der Waals surface area (Å²) in [5, 5.41) is 4.19. The number of nitrogens with one attached hydrogen (secondary N) is 1. The van der Waals surface area contributed by atoms with E-state index in [1.165, 1.54) is 0 Å². The first kappa shape index (κ1) is 18.5. The average Bonchev–Trinajstić information content (AvgIpc) is 2.67. The van der Waals surface area contributed by atoms with Crippen molar-refractivity contribution in [2.24, 2.45) is 5.10 Å². The number of anilines is 1. The van der Waals surface area contributed by atoms with E-state index in [0.29, 0.717) is 11.3 Å². The number of rotatable bonds is 7. The zero-order chi connectivity index (χ0) is 18.2. The van der Waals surface area contributed by atoms with Crippen molar-refractivity contribution in [3.05, 3.63) is 59.7 Å². The first-order valence-corrected chi connectivity index (χ1v) is 8.43. The van der Waals surface area contributed by atoms with Crippen LogP contribution in [-0.2, 0) is 0 Å². The highest BCUT2D eigenvalue weighted by molar-refractivity contribution is 6.01. The van der Waals surface area contributed by atoms with Gasteiger partial charge in [0, 0.05) is 29.9 Å². The Morgan fingerprint density at radius 1 is 1.08 bits per heavy atom. The Bertz CT molecular complexity index is 735. The molecule has 0 bridgehead atoms. The van der Waals surface area contributed by atoms with Gasteiger partial charge in [-0.3, -0.25) is 4.79 Å². The summed E-state index contributed by atoms with van der Waals surface area (Å²) in [4.78, 5) is 14.5. The zero-order valence-corrected chi connectivity index (χ0v) is 15.2. The molecular weight excluding hydrogens is 314 g/mol. The summed E-state index contributed by atoms with van der Waals surface area (Å²) in [7, 11) is 1.62. The van der Waals surface area contributed by atoms with Gasteiger partial charge in [0.15, 0.2) is 0 Å². The molecule has 0 aliphatic heterocycles. The minimum atomic E-state index is -0.228. The van der Waals surface area contributed by atoms with Crippen molar-refractivity contribution in [2.45, 2.75) is 20.8 Å². The molecule has 25 heavy (non-hydrogen) atoms. The topological polar surface area (TPSA) is 53.9 Å².